The summed E-state index contributed by atoms with van der Waals surface area (Å²) in [6, 6.07) is 4.30. The third-order valence-corrected chi connectivity index (χ3v) is 3.55. The number of H-pyrrole nitrogens is 1. The van der Waals surface area contributed by atoms with Crippen molar-refractivity contribution < 1.29 is 9.47 Å². The lowest BCUT2D eigenvalue weighted by Gasteiger charge is -2.17. The van der Waals surface area contributed by atoms with Crippen LogP contribution in [0.15, 0.2) is 12.1 Å². The molecule has 1 aromatic carbocycles. The first-order chi connectivity index (χ1) is 8.90. The van der Waals surface area contributed by atoms with Crippen LogP contribution in [-0.4, -0.2) is 29.7 Å². The Labute approximate surface area is 104 Å². The number of imidazole rings is 1. The maximum Gasteiger partial charge on any atom is 0.163 e. The number of fused-ring (bicyclic) bond motifs is 2. The van der Waals surface area contributed by atoms with Crippen molar-refractivity contribution >= 4 is 11.0 Å². The molecule has 1 atom stereocenters. The van der Waals surface area contributed by atoms with Crippen LogP contribution in [0, 0.1) is 0 Å². The molecule has 0 amide bonds. The summed E-state index contributed by atoms with van der Waals surface area (Å²) in [7, 11) is 0. The zero-order chi connectivity index (χ0) is 11.9. The van der Waals surface area contributed by atoms with Crippen molar-refractivity contribution in [3.63, 3.8) is 0 Å². The first-order valence-corrected chi connectivity index (χ1v) is 6.43. The fourth-order valence-electron chi connectivity index (χ4n) is 2.65. The second-order valence-electron chi connectivity index (χ2n) is 4.78. The van der Waals surface area contributed by atoms with E-state index >= 15 is 0 Å². The van der Waals surface area contributed by atoms with Crippen molar-refractivity contribution in [2.75, 3.05) is 19.8 Å². The van der Waals surface area contributed by atoms with Crippen LogP contribution in [-0.2, 0) is 0 Å². The third-order valence-electron chi connectivity index (χ3n) is 3.55. The minimum absolute atomic E-state index is 0.358. The second kappa shape index (κ2) is 3.88. The fraction of sp³-hybridized carbons (Fsp3) is 0.462. The monoisotopic (exact) mass is 245 g/mol. The lowest BCUT2D eigenvalue weighted by Crippen LogP contribution is -2.15. The number of hydrogen-bond acceptors (Lipinski definition) is 4. The predicted octanol–water partition coefficient (Wildman–Crippen LogP) is 1.76. The highest BCUT2D eigenvalue weighted by Crippen LogP contribution is 2.34. The molecule has 94 valence electrons. The van der Waals surface area contributed by atoms with E-state index in [4.69, 9.17) is 9.47 Å². The van der Waals surface area contributed by atoms with E-state index in [1.807, 2.05) is 12.1 Å². The van der Waals surface area contributed by atoms with E-state index in [-0.39, 0.29) is 0 Å². The van der Waals surface area contributed by atoms with Gasteiger partial charge >= 0.3 is 0 Å². The van der Waals surface area contributed by atoms with Gasteiger partial charge in [0.15, 0.2) is 11.5 Å². The molecule has 5 heteroatoms. The molecule has 0 bridgehead atoms. The Morgan fingerprint density at radius 2 is 2.00 bits per heavy atom. The average Bonchev–Trinajstić information content (AvgIpc) is 3.04. The van der Waals surface area contributed by atoms with Gasteiger partial charge in [0.1, 0.15) is 19.0 Å². The van der Waals surface area contributed by atoms with E-state index in [2.05, 4.69) is 15.3 Å². The Morgan fingerprint density at radius 3 is 2.78 bits per heavy atom. The van der Waals surface area contributed by atoms with E-state index in [9.17, 15) is 0 Å². The van der Waals surface area contributed by atoms with Gasteiger partial charge in [-0.05, 0) is 19.4 Å². The molecule has 2 aliphatic heterocycles. The quantitative estimate of drug-likeness (QED) is 0.803. The molecule has 0 spiro atoms. The molecule has 2 aliphatic rings. The lowest BCUT2D eigenvalue weighted by atomic mass is 10.2. The molecule has 4 rings (SSSR count). The Bertz CT molecular complexity index is 544. The summed E-state index contributed by atoms with van der Waals surface area (Å²) in [4.78, 5) is 8.03. The maximum absolute atomic E-state index is 5.58. The summed E-state index contributed by atoms with van der Waals surface area (Å²) < 4.78 is 11.1. The molecule has 0 saturated carbocycles. The number of nitrogens with zero attached hydrogens (tertiary/aromatic N) is 1. The first kappa shape index (κ1) is 10.2. The summed E-state index contributed by atoms with van der Waals surface area (Å²) in [6.45, 7) is 2.30. The molecular formula is C13H15N3O2. The molecule has 2 aromatic rings. The number of rotatable bonds is 1. The van der Waals surface area contributed by atoms with E-state index in [0.29, 0.717) is 19.3 Å². The van der Waals surface area contributed by atoms with Crippen LogP contribution < -0.4 is 14.8 Å². The minimum atomic E-state index is 0.358. The van der Waals surface area contributed by atoms with Crippen LogP contribution in [0.3, 0.4) is 0 Å². The molecule has 5 nitrogen and oxygen atoms in total. The van der Waals surface area contributed by atoms with E-state index in [1.165, 1.54) is 6.42 Å². The van der Waals surface area contributed by atoms with Crippen LogP contribution in [0.2, 0.25) is 0 Å². The smallest absolute Gasteiger partial charge is 0.163 e. The van der Waals surface area contributed by atoms with Gasteiger partial charge in [0.05, 0.1) is 17.1 Å². The molecular weight excluding hydrogens is 230 g/mol. The maximum atomic E-state index is 5.58. The van der Waals surface area contributed by atoms with E-state index in [0.717, 1.165) is 41.3 Å². The Balaban J connectivity index is 1.79. The molecule has 1 aromatic heterocycles. The molecule has 1 saturated heterocycles. The van der Waals surface area contributed by atoms with Crippen LogP contribution in [0.1, 0.15) is 24.7 Å². The van der Waals surface area contributed by atoms with Crippen LogP contribution in [0.25, 0.3) is 11.0 Å². The van der Waals surface area contributed by atoms with Crippen LogP contribution >= 0.6 is 0 Å². The number of aromatic nitrogens is 2. The summed E-state index contributed by atoms with van der Waals surface area (Å²) in [5, 5.41) is 3.45. The summed E-state index contributed by atoms with van der Waals surface area (Å²) >= 11 is 0. The second-order valence-corrected chi connectivity index (χ2v) is 4.78. The van der Waals surface area contributed by atoms with Gasteiger partial charge in [-0.2, -0.15) is 0 Å². The highest BCUT2D eigenvalue weighted by atomic mass is 16.6. The van der Waals surface area contributed by atoms with Gasteiger partial charge in [-0.3, -0.25) is 0 Å². The van der Waals surface area contributed by atoms with Crippen LogP contribution in [0.5, 0.6) is 11.5 Å². The Kier molecular flexibility index (Phi) is 2.20. The third kappa shape index (κ3) is 1.54. The van der Waals surface area contributed by atoms with Gasteiger partial charge in [-0.25, -0.2) is 4.98 Å². The van der Waals surface area contributed by atoms with Gasteiger partial charge in [-0.1, -0.05) is 0 Å². The Morgan fingerprint density at radius 1 is 1.17 bits per heavy atom. The van der Waals surface area contributed by atoms with Gasteiger partial charge < -0.3 is 19.8 Å². The Hall–Kier alpha value is -1.75. The molecule has 3 heterocycles. The number of ether oxygens (including phenoxy) is 2. The van der Waals surface area contributed by atoms with Crippen molar-refractivity contribution in [3.05, 3.63) is 18.0 Å². The standard InChI is InChI=1S/C13H15N3O2/c1-2-8(14-3-1)13-15-9-6-11-12(7-10(9)16-13)18-5-4-17-11/h6-8,14H,1-5H2,(H,15,16)/t8-/m0/s1. The van der Waals surface area contributed by atoms with Gasteiger partial charge in [0.25, 0.3) is 0 Å². The molecule has 0 unspecified atom stereocenters. The summed E-state index contributed by atoms with van der Waals surface area (Å²) in [5.74, 6) is 2.62. The van der Waals surface area contributed by atoms with Crippen LogP contribution in [0.4, 0.5) is 0 Å². The number of hydrogen-bond donors (Lipinski definition) is 2. The summed E-state index contributed by atoms with van der Waals surface area (Å²) in [5.41, 5.74) is 1.96. The van der Waals surface area contributed by atoms with Gasteiger partial charge in [0, 0.05) is 12.1 Å². The zero-order valence-electron chi connectivity index (χ0n) is 10.0. The predicted molar refractivity (Wildman–Crippen MR) is 67.1 cm³/mol. The summed E-state index contributed by atoms with van der Waals surface area (Å²) in [6.07, 6.45) is 2.36. The number of benzene rings is 1. The highest BCUT2D eigenvalue weighted by Gasteiger charge is 2.21. The van der Waals surface area contributed by atoms with Crippen molar-refractivity contribution in [2.45, 2.75) is 18.9 Å². The van der Waals surface area contributed by atoms with Gasteiger partial charge in [-0.15, -0.1) is 0 Å². The molecule has 0 radical (unpaired) electrons. The van der Waals surface area contributed by atoms with Crippen molar-refractivity contribution in [1.29, 1.82) is 0 Å². The average molecular weight is 245 g/mol. The normalized spacial score (nSPS) is 22.6. The van der Waals surface area contributed by atoms with Crippen molar-refractivity contribution in [3.8, 4) is 11.5 Å². The zero-order valence-corrected chi connectivity index (χ0v) is 10.0. The molecule has 18 heavy (non-hydrogen) atoms. The van der Waals surface area contributed by atoms with Crippen molar-refractivity contribution in [2.24, 2.45) is 0 Å². The van der Waals surface area contributed by atoms with Gasteiger partial charge in [0.2, 0.25) is 0 Å². The minimum Gasteiger partial charge on any atom is -0.486 e. The largest absolute Gasteiger partial charge is 0.486 e. The number of nitrogens with one attached hydrogen (secondary N) is 2. The van der Waals surface area contributed by atoms with E-state index < -0.39 is 0 Å². The fourth-order valence-corrected chi connectivity index (χ4v) is 2.65. The topological polar surface area (TPSA) is 59.2 Å². The molecule has 2 N–H and O–H groups in total. The SMILES string of the molecule is c1c2c(cc3[nH]c([C@@H]4CCCN4)nc13)OCCO2. The lowest BCUT2D eigenvalue weighted by molar-refractivity contribution is 0.172. The van der Waals surface area contributed by atoms with E-state index in [1.54, 1.807) is 0 Å². The first-order valence-electron chi connectivity index (χ1n) is 6.43. The van der Waals surface area contributed by atoms with Crippen molar-refractivity contribution in [1.82, 2.24) is 15.3 Å². The molecule has 0 aliphatic carbocycles. The highest BCUT2D eigenvalue weighted by molar-refractivity contribution is 5.80. The molecule has 1 fully saturated rings. The number of aromatic amines is 1.